The standard InChI is InChI=1S/C39H48BrN3O8/c1-7-10-16-30(45)41(5)24(4)33(25-14-12-11-13-15-25)50-38(48)31-32-36(46)43(26(9-3)23-44)35(39(32)22-29(40)34(31)51-39)37(47)42(21-8-2)27-17-19-28(49-6)20-18-27/h7-8,11-15,17-20,24,26,29,31-35,44H,1-2,9-10,16,21-23H2,3-6H3/t24-,26+,29?,31-,32+,33+,34-,35-,39+/m1/s1. The van der Waals surface area contributed by atoms with Crippen LogP contribution in [-0.2, 0) is 28.7 Å². The fourth-order valence-corrected chi connectivity index (χ4v) is 8.85. The van der Waals surface area contributed by atoms with Gasteiger partial charge in [0.25, 0.3) is 5.91 Å². The second-order valence-corrected chi connectivity index (χ2v) is 14.6. The number of esters is 1. The number of allylic oxidation sites excluding steroid dienone is 1. The number of benzene rings is 2. The number of hydrogen-bond donors (Lipinski definition) is 1. The molecule has 5 rings (SSSR count). The van der Waals surface area contributed by atoms with Crippen LogP contribution in [0.3, 0.4) is 0 Å². The zero-order valence-corrected chi connectivity index (χ0v) is 31.2. The maximum atomic E-state index is 14.9. The third-order valence-electron chi connectivity index (χ3n) is 10.6. The molecule has 1 N–H and O–H groups in total. The van der Waals surface area contributed by atoms with Gasteiger partial charge in [-0.2, -0.15) is 0 Å². The molecule has 3 aliphatic rings. The Morgan fingerprint density at radius 3 is 2.41 bits per heavy atom. The van der Waals surface area contributed by atoms with E-state index >= 15 is 0 Å². The Labute approximate surface area is 308 Å². The summed E-state index contributed by atoms with van der Waals surface area (Å²) in [5, 5.41) is 10.5. The molecular formula is C39H48BrN3O8. The molecule has 3 heterocycles. The van der Waals surface area contributed by atoms with E-state index in [-0.39, 0.29) is 36.7 Å². The molecule has 0 radical (unpaired) electrons. The summed E-state index contributed by atoms with van der Waals surface area (Å²) >= 11 is 3.73. The van der Waals surface area contributed by atoms with Gasteiger partial charge in [-0.05, 0) is 56.0 Å². The van der Waals surface area contributed by atoms with Crippen molar-refractivity contribution in [3.05, 3.63) is 85.5 Å². The first-order chi connectivity index (χ1) is 24.5. The number of halogens is 1. The van der Waals surface area contributed by atoms with Gasteiger partial charge in [0.15, 0.2) is 0 Å². The summed E-state index contributed by atoms with van der Waals surface area (Å²) in [5.74, 6) is -3.11. The summed E-state index contributed by atoms with van der Waals surface area (Å²) in [6.07, 6.45) is 3.10. The number of amides is 3. The third-order valence-corrected chi connectivity index (χ3v) is 11.5. The zero-order chi connectivity index (χ0) is 37.0. The number of methoxy groups -OCH3 is 1. The molecule has 1 spiro atoms. The van der Waals surface area contributed by atoms with E-state index in [4.69, 9.17) is 14.2 Å². The van der Waals surface area contributed by atoms with Gasteiger partial charge in [0, 0.05) is 30.5 Å². The van der Waals surface area contributed by atoms with Crippen molar-refractivity contribution in [2.24, 2.45) is 11.8 Å². The van der Waals surface area contributed by atoms with E-state index in [0.717, 1.165) is 0 Å². The summed E-state index contributed by atoms with van der Waals surface area (Å²) in [6.45, 7) is 11.0. The number of hydrogen-bond acceptors (Lipinski definition) is 8. The molecule has 3 saturated heterocycles. The van der Waals surface area contributed by atoms with E-state index < -0.39 is 65.6 Å². The van der Waals surface area contributed by atoms with E-state index in [1.54, 1.807) is 55.5 Å². The molecule has 0 aliphatic carbocycles. The van der Waals surface area contributed by atoms with Crippen molar-refractivity contribution in [1.29, 1.82) is 0 Å². The fraction of sp³-hybridized carbons (Fsp3) is 0.487. The lowest BCUT2D eigenvalue weighted by Crippen LogP contribution is -2.59. The molecule has 1 unspecified atom stereocenters. The Morgan fingerprint density at radius 2 is 1.82 bits per heavy atom. The van der Waals surface area contributed by atoms with Gasteiger partial charge in [-0.25, -0.2) is 0 Å². The quantitative estimate of drug-likeness (QED) is 0.146. The van der Waals surface area contributed by atoms with Gasteiger partial charge in [0.1, 0.15) is 23.5 Å². The Balaban J connectivity index is 1.54. The fourth-order valence-electron chi connectivity index (χ4n) is 7.91. The molecule has 9 atom stereocenters. The Morgan fingerprint density at radius 1 is 1.14 bits per heavy atom. The molecule has 3 fully saturated rings. The van der Waals surface area contributed by atoms with E-state index in [9.17, 15) is 24.3 Å². The molecule has 0 aromatic heterocycles. The van der Waals surface area contributed by atoms with E-state index in [1.807, 2.05) is 44.2 Å². The van der Waals surface area contributed by atoms with Crippen molar-refractivity contribution < 1.29 is 38.5 Å². The van der Waals surface area contributed by atoms with Gasteiger partial charge in [0.2, 0.25) is 11.8 Å². The van der Waals surface area contributed by atoms with E-state index in [1.165, 1.54) is 9.80 Å². The largest absolute Gasteiger partial charge is 0.497 e. The minimum atomic E-state index is -1.38. The molecule has 2 bridgehead atoms. The van der Waals surface area contributed by atoms with Crippen LogP contribution in [0.4, 0.5) is 5.69 Å². The molecule has 0 saturated carbocycles. The van der Waals surface area contributed by atoms with Crippen LogP contribution in [0, 0.1) is 11.8 Å². The Bertz CT molecular complexity index is 1600. The molecule has 2 aromatic carbocycles. The van der Waals surface area contributed by atoms with Crippen LogP contribution in [0.2, 0.25) is 0 Å². The van der Waals surface area contributed by atoms with Crippen LogP contribution < -0.4 is 9.64 Å². The number of aliphatic hydroxyl groups is 1. The SMILES string of the molecule is C=CCCC(=O)N(C)[C@H](C)[C@H](OC(=O)[C@H]1[C@@H]2O[C@@]3(CC2Br)[C@@H]1C(=O)N([C@@H](CC)CO)[C@@H]3C(=O)N(CC=C)c1ccc(OC)cc1)c1ccccc1. The van der Waals surface area contributed by atoms with Gasteiger partial charge in [0.05, 0.1) is 43.7 Å². The number of rotatable bonds is 16. The van der Waals surface area contributed by atoms with E-state index in [2.05, 4.69) is 29.1 Å². The molecule has 274 valence electrons. The number of carbonyl (C=O) groups excluding carboxylic acids is 4. The number of ether oxygens (including phenoxy) is 3. The highest BCUT2D eigenvalue weighted by Crippen LogP contribution is 2.61. The molecule has 12 heteroatoms. The predicted molar refractivity (Wildman–Crippen MR) is 196 cm³/mol. The van der Waals surface area contributed by atoms with Gasteiger partial charge in [-0.15, -0.1) is 13.2 Å². The van der Waals surface area contributed by atoms with Gasteiger partial charge in [-0.1, -0.05) is 65.3 Å². The number of alkyl halides is 1. The van der Waals surface area contributed by atoms with Gasteiger partial charge >= 0.3 is 5.97 Å². The Kier molecular flexibility index (Phi) is 12.1. The number of carbonyl (C=O) groups is 4. The third kappa shape index (κ3) is 6.97. The number of likely N-dealkylation sites (tertiary alicyclic amines) is 1. The summed E-state index contributed by atoms with van der Waals surface area (Å²) in [5.41, 5.74) is -0.124. The molecule has 2 aromatic rings. The second-order valence-electron chi connectivity index (χ2n) is 13.4. The first-order valence-electron chi connectivity index (χ1n) is 17.4. The lowest BCUT2D eigenvalue weighted by atomic mass is 9.70. The second kappa shape index (κ2) is 16.1. The van der Waals surface area contributed by atoms with Crippen LogP contribution in [0.1, 0.15) is 51.2 Å². The van der Waals surface area contributed by atoms with Crippen molar-refractivity contribution in [3.8, 4) is 5.75 Å². The molecule has 3 aliphatic heterocycles. The summed E-state index contributed by atoms with van der Waals surface area (Å²) in [7, 11) is 3.23. The molecule has 11 nitrogen and oxygen atoms in total. The summed E-state index contributed by atoms with van der Waals surface area (Å²) in [6, 6.07) is 13.8. The van der Waals surface area contributed by atoms with Crippen molar-refractivity contribution in [1.82, 2.24) is 9.80 Å². The number of aliphatic hydroxyl groups excluding tert-OH is 1. The molecule has 3 amide bonds. The monoisotopic (exact) mass is 765 g/mol. The Hall–Kier alpha value is -4.00. The average molecular weight is 767 g/mol. The first kappa shape index (κ1) is 38.2. The normalized spacial score (nSPS) is 26.5. The van der Waals surface area contributed by atoms with Crippen molar-refractivity contribution in [2.75, 3.05) is 32.2 Å². The number of nitrogens with zero attached hydrogens (tertiary/aromatic N) is 3. The lowest BCUT2D eigenvalue weighted by Gasteiger charge is -2.39. The highest BCUT2D eigenvalue weighted by Gasteiger charge is 2.77. The maximum absolute atomic E-state index is 14.9. The molecule has 51 heavy (non-hydrogen) atoms. The maximum Gasteiger partial charge on any atom is 0.313 e. The van der Waals surface area contributed by atoms with Crippen LogP contribution in [0.25, 0.3) is 0 Å². The topological polar surface area (TPSA) is 126 Å². The van der Waals surface area contributed by atoms with Gasteiger partial charge in [-0.3, -0.25) is 19.2 Å². The minimum absolute atomic E-state index is 0.124. The first-order valence-corrected chi connectivity index (χ1v) is 18.3. The van der Waals surface area contributed by atoms with Crippen LogP contribution in [0.15, 0.2) is 79.9 Å². The smallest absolute Gasteiger partial charge is 0.313 e. The van der Waals surface area contributed by atoms with Crippen LogP contribution in [-0.4, -0.2) is 101 Å². The highest BCUT2D eigenvalue weighted by molar-refractivity contribution is 9.09. The predicted octanol–water partition coefficient (Wildman–Crippen LogP) is 4.83. The number of fused-ring (bicyclic) bond motifs is 1. The van der Waals surface area contributed by atoms with Crippen LogP contribution >= 0.6 is 15.9 Å². The van der Waals surface area contributed by atoms with Crippen molar-refractivity contribution in [3.63, 3.8) is 0 Å². The molecular weight excluding hydrogens is 718 g/mol. The van der Waals surface area contributed by atoms with Crippen molar-refractivity contribution >= 4 is 45.3 Å². The summed E-state index contributed by atoms with van der Waals surface area (Å²) < 4.78 is 18.4. The lowest BCUT2D eigenvalue weighted by molar-refractivity contribution is -0.165. The minimum Gasteiger partial charge on any atom is -0.497 e. The highest BCUT2D eigenvalue weighted by atomic mass is 79.9. The van der Waals surface area contributed by atoms with E-state index in [0.29, 0.717) is 29.8 Å². The van der Waals surface area contributed by atoms with Crippen molar-refractivity contribution in [2.45, 2.75) is 80.3 Å². The zero-order valence-electron chi connectivity index (χ0n) is 29.7. The number of likely N-dealkylation sites (N-methyl/N-ethyl adjacent to an activating group) is 1. The number of anilines is 1. The van der Waals surface area contributed by atoms with Crippen LogP contribution in [0.5, 0.6) is 5.75 Å². The van der Waals surface area contributed by atoms with Gasteiger partial charge < -0.3 is 34.0 Å². The average Bonchev–Trinajstić information content (AvgIpc) is 3.75. The summed E-state index contributed by atoms with van der Waals surface area (Å²) in [4.78, 5) is 61.3.